The Morgan fingerprint density at radius 2 is 2.09 bits per heavy atom. The van der Waals surface area contributed by atoms with Crippen molar-refractivity contribution in [2.75, 3.05) is 10.6 Å². The number of anilines is 2. The summed E-state index contributed by atoms with van der Waals surface area (Å²) < 4.78 is 1.77. The lowest BCUT2D eigenvalue weighted by Crippen LogP contribution is -2.42. The van der Waals surface area contributed by atoms with Gasteiger partial charge in [-0.25, -0.2) is 9.50 Å². The summed E-state index contributed by atoms with van der Waals surface area (Å²) in [5.74, 6) is -0.217. The first-order chi connectivity index (χ1) is 16.2. The third-order valence-electron chi connectivity index (χ3n) is 5.12. The molecule has 0 bridgehead atoms. The Morgan fingerprint density at radius 1 is 1.29 bits per heavy atom. The molecule has 10 nitrogen and oxygen atoms in total. The fourth-order valence-electron chi connectivity index (χ4n) is 3.65. The predicted octanol–water partition coefficient (Wildman–Crippen LogP) is 2.84. The second-order valence-electron chi connectivity index (χ2n) is 8.35. The molecule has 1 unspecified atom stereocenters. The smallest absolute Gasteiger partial charge is 0.260 e. The Labute approximate surface area is 200 Å². The molecule has 2 amide bonds. The van der Waals surface area contributed by atoms with Crippen molar-refractivity contribution in [1.29, 1.82) is 5.26 Å². The van der Waals surface area contributed by atoms with Crippen molar-refractivity contribution >= 4 is 39.6 Å². The molecule has 0 radical (unpaired) electrons. The van der Waals surface area contributed by atoms with Gasteiger partial charge >= 0.3 is 0 Å². The third kappa shape index (κ3) is 4.62. The lowest BCUT2D eigenvalue weighted by molar-refractivity contribution is -0.114. The van der Waals surface area contributed by atoms with E-state index >= 15 is 0 Å². The Morgan fingerprint density at radius 3 is 2.79 bits per heavy atom. The summed E-state index contributed by atoms with van der Waals surface area (Å²) in [7, 11) is 0. The first-order valence-corrected chi connectivity index (χ1v) is 11.5. The van der Waals surface area contributed by atoms with E-state index in [1.165, 1.54) is 24.5 Å². The number of fused-ring (bicyclic) bond motifs is 1. The maximum atomic E-state index is 13.1. The van der Waals surface area contributed by atoms with Crippen LogP contribution in [-0.2, 0) is 15.1 Å². The molecule has 0 spiro atoms. The van der Waals surface area contributed by atoms with E-state index in [1.54, 1.807) is 22.2 Å². The zero-order valence-corrected chi connectivity index (χ0v) is 19.9. The van der Waals surface area contributed by atoms with E-state index < -0.39 is 5.54 Å². The van der Waals surface area contributed by atoms with Gasteiger partial charge in [0.2, 0.25) is 5.91 Å². The maximum Gasteiger partial charge on any atom is 0.260 e. The van der Waals surface area contributed by atoms with E-state index in [1.807, 2.05) is 39.0 Å². The summed E-state index contributed by atoms with van der Waals surface area (Å²) >= 11 is 1.23. The number of dihydropyridines is 1. The third-order valence-corrected chi connectivity index (χ3v) is 5.88. The summed E-state index contributed by atoms with van der Waals surface area (Å²) in [6.45, 7) is 7.37. The molecule has 0 aromatic carbocycles. The molecule has 4 heterocycles. The number of carbonyl (C=O) groups excluding carboxylic acids is 2. The van der Waals surface area contributed by atoms with Gasteiger partial charge in [0.05, 0.1) is 34.1 Å². The molecule has 1 aliphatic rings. The van der Waals surface area contributed by atoms with Gasteiger partial charge in [0.15, 0.2) is 5.13 Å². The number of hydrogen-bond donors (Lipinski definition) is 4. The summed E-state index contributed by atoms with van der Waals surface area (Å²) in [5, 5.41) is 27.7. The van der Waals surface area contributed by atoms with Crippen LogP contribution in [0.1, 0.15) is 39.0 Å². The number of aromatic nitrogens is 3. The van der Waals surface area contributed by atoms with Crippen molar-refractivity contribution in [1.82, 2.24) is 25.2 Å². The molecule has 4 rings (SSSR count). The topological polar surface area (TPSA) is 136 Å². The van der Waals surface area contributed by atoms with Gasteiger partial charge in [-0.15, -0.1) is 11.3 Å². The minimum atomic E-state index is -0.673. The maximum absolute atomic E-state index is 13.1. The monoisotopic (exact) mass is 476 g/mol. The quantitative estimate of drug-likeness (QED) is 0.429. The standard InChI is InChI=1S/C23H24N8O2S/c1-13(2)27-18-8-23(4,19-6-5-16-7-15(9-24)10-26-31(16)19)25-11-17(18)21(33)29-20-12-34-22(30-20)28-14(3)32/h5-8,10-13,25,27H,1-4H3,(H,29,33)(H,28,30,32). The van der Waals surface area contributed by atoms with Gasteiger partial charge in [0, 0.05) is 30.2 Å². The molecule has 0 fully saturated rings. The highest BCUT2D eigenvalue weighted by Crippen LogP contribution is 2.31. The van der Waals surface area contributed by atoms with E-state index in [4.69, 9.17) is 5.26 Å². The van der Waals surface area contributed by atoms with Crippen LogP contribution in [0.3, 0.4) is 0 Å². The van der Waals surface area contributed by atoms with E-state index in [0.29, 0.717) is 27.8 Å². The van der Waals surface area contributed by atoms with Gasteiger partial charge in [-0.05, 0) is 45.0 Å². The average Bonchev–Trinajstić information content (AvgIpc) is 3.39. The molecule has 0 saturated heterocycles. The van der Waals surface area contributed by atoms with Crippen molar-refractivity contribution in [3.63, 3.8) is 0 Å². The molecule has 0 aliphatic carbocycles. The number of nitrogens with one attached hydrogen (secondary N) is 4. The van der Waals surface area contributed by atoms with Gasteiger partial charge in [0.1, 0.15) is 11.9 Å². The lowest BCUT2D eigenvalue weighted by Gasteiger charge is -2.33. The van der Waals surface area contributed by atoms with E-state index in [0.717, 1.165) is 11.2 Å². The Hall–Kier alpha value is -4.17. The van der Waals surface area contributed by atoms with Gasteiger partial charge in [-0.1, -0.05) is 0 Å². The molecular formula is C23H24N8O2S. The molecule has 0 saturated carbocycles. The molecule has 1 atom stereocenters. The molecule has 11 heteroatoms. The first kappa shape index (κ1) is 23.0. The second kappa shape index (κ2) is 8.99. The molecular weight excluding hydrogens is 452 g/mol. The predicted molar refractivity (Wildman–Crippen MR) is 130 cm³/mol. The van der Waals surface area contributed by atoms with Crippen LogP contribution in [0.5, 0.6) is 0 Å². The number of nitrogens with zero attached hydrogens (tertiary/aromatic N) is 4. The highest BCUT2D eigenvalue weighted by atomic mass is 32.1. The average molecular weight is 477 g/mol. The first-order valence-electron chi connectivity index (χ1n) is 10.6. The number of carbonyl (C=O) groups is 2. The fourth-order valence-corrected chi connectivity index (χ4v) is 4.34. The Kier molecular flexibility index (Phi) is 6.08. The van der Waals surface area contributed by atoms with Crippen LogP contribution < -0.4 is 21.3 Å². The molecule has 4 N–H and O–H groups in total. The molecule has 1 aliphatic heterocycles. The van der Waals surface area contributed by atoms with Gasteiger partial charge in [-0.2, -0.15) is 10.4 Å². The SMILES string of the molecule is CC(=O)Nc1nc(NC(=O)C2=CNC(C)(c3ccc4cc(C#N)cnn34)C=C2NC(C)C)cs1. The largest absolute Gasteiger partial charge is 0.382 e. The zero-order chi connectivity index (χ0) is 24.5. The van der Waals surface area contributed by atoms with E-state index in [-0.39, 0.29) is 17.9 Å². The molecule has 174 valence electrons. The van der Waals surface area contributed by atoms with Crippen molar-refractivity contribution in [3.8, 4) is 6.07 Å². The summed E-state index contributed by atoms with van der Waals surface area (Å²) in [6.07, 6.45) is 5.15. The van der Waals surface area contributed by atoms with Crippen LogP contribution in [-0.4, -0.2) is 32.5 Å². The summed E-state index contributed by atoms with van der Waals surface area (Å²) in [5.41, 5.74) is 2.54. The van der Waals surface area contributed by atoms with Crippen molar-refractivity contribution in [2.24, 2.45) is 0 Å². The fraction of sp³-hybridized carbons (Fsp3) is 0.261. The molecule has 3 aromatic heterocycles. The second-order valence-corrected chi connectivity index (χ2v) is 9.20. The van der Waals surface area contributed by atoms with Gasteiger partial charge in [-0.3, -0.25) is 9.59 Å². The minimum absolute atomic E-state index is 0.0795. The number of hydrogen-bond acceptors (Lipinski definition) is 8. The lowest BCUT2D eigenvalue weighted by atomic mass is 9.91. The Balaban J connectivity index is 1.63. The normalized spacial score (nSPS) is 17.4. The highest BCUT2D eigenvalue weighted by molar-refractivity contribution is 7.14. The summed E-state index contributed by atoms with van der Waals surface area (Å²) in [4.78, 5) is 28.5. The molecule has 3 aromatic rings. The van der Waals surface area contributed by atoms with Crippen molar-refractivity contribution in [3.05, 3.63) is 64.6 Å². The number of nitriles is 1. The highest BCUT2D eigenvalue weighted by Gasteiger charge is 2.33. The summed E-state index contributed by atoms with van der Waals surface area (Å²) in [6, 6.07) is 7.80. The van der Waals surface area contributed by atoms with Crippen molar-refractivity contribution < 1.29 is 9.59 Å². The number of thiazole rings is 1. The van der Waals surface area contributed by atoms with Crippen LogP contribution in [0.2, 0.25) is 0 Å². The van der Waals surface area contributed by atoms with Crippen LogP contribution in [0.4, 0.5) is 10.9 Å². The molecule has 34 heavy (non-hydrogen) atoms. The van der Waals surface area contributed by atoms with Crippen LogP contribution >= 0.6 is 11.3 Å². The van der Waals surface area contributed by atoms with E-state index in [2.05, 4.69) is 37.4 Å². The van der Waals surface area contributed by atoms with Gasteiger partial charge in [0.25, 0.3) is 5.91 Å². The zero-order valence-electron chi connectivity index (χ0n) is 19.1. The van der Waals surface area contributed by atoms with E-state index in [9.17, 15) is 9.59 Å². The van der Waals surface area contributed by atoms with Crippen LogP contribution in [0.15, 0.2) is 53.3 Å². The van der Waals surface area contributed by atoms with Crippen LogP contribution in [0, 0.1) is 11.3 Å². The van der Waals surface area contributed by atoms with Crippen LogP contribution in [0.25, 0.3) is 5.52 Å². The van der Waals surface area contributed by atoms with Crippen molar-refractivity contribution in [2.45, 2.75) is 39.3 Å². The van der Waals surface area contributed by atoms with Gasteiger partial charge < -0.3 is 21.3 Å². The Bertz CT molecular complexity index is 1380. The minimum Gasteiger partial charge on any atom is -0.382 e. The number of rotatable bonds is 6. The number of amides is 2.